The van der Waals surface area contributed by atoms with Crippen molar-refractivity contribution in [3.05, 3.63) is 46.2 Å². The van der Waals surface area contributed by atoms with Crippen LogP contribution in [-0.2, 0) is 4.74 Å². The maximum absolute atomic E-state index is 11.4. The second-order valence-corrected chi connectivity index (χ2v) is 4.60. The number of carbonyl (C=O) groups excluding carboxylic acids is 1. The van der Waals surface area contributed by atoms with Gasteiger partial charge in [-0.3, -0.25) is 10.1 Å². The van der Waals surface area contributed by atoms with Crippen LogP contribution in [0.15, 0.2) is 35.1 Å². The minimum Gasteiger partial charge on any atom is -0.449 e. The normalized spacial score (nSPS) is 10.2. The Labute approximate surface area is 122 Å². The molecule has 2 N–H and O–H groups in total. The molecule has 0 aliphatic rings. The summed E-state index contributed by atoms with van der Waals surface area (Å²) in [5, 5.41) is 9.08. The minimum absolute atomic E-state index is 0.229. The molecule has 0 spiro atoms. The standard InChI is InChI=1S/C15H17N3O3/c1-3-8-21-15(20)16-12-6-4-11(5-7-12)14-10(2)9-13(19)17-18-14/h4-7,9H,3,8H2,1-2H3,(H,16,20)(H,17,19). The zero-order chi connectivity index (χ0) is 15.2. The number of aromatic amines is 1. The average Bonchev–Trinajstić information content (AvgIpc) is 2.46. The minimum atomic E-state index is -0.469. The molecule has 2 rings (SSSR count). The summed E-state index contributed by atoms with van der Waals surface area (Å²) < 4.78 is 4.94. The summed E-state index contributed by atoms with van der Waals surface area (Å²) in [6, 6.07) is 8.66. The smallest absolute Gasteiger partial charge is 0.411 e. The van der Waals surface area contributed by atoms with Gasteiger partial charge in [0, 0.05) is 17.3 Å². The molecule has 2 aromatic rings. The first kappa shape index (κ1) is 14.8. The van der Waals surface area contributed by atoms with E-state index in [-0.39, 0.29) is 5.56 Å². The molecule has 0 saturated carbocycles. The first-order valence-electron chi connectivity index (χ1n) is 6.70. The Morgan fingerprint density at radius 3 is 2.67 bits per heavy atom. The average molecular weight is 287 g/mol. The van der Waals surface area contributed by atoms with Gasteiger partial charge in [0.1, 0.15) is 0 Å². The first-order valence-corrected chi connectivity index (χ1v) is 6.70. The Morgan fingerprint density at radius 1 is 1.33 bits per heavy atom. The zero-order valence-corrected chi connectivity index (χ0v) is 12.0. The van der Waals surface area contributed by atoms with E-state index in [9.17, 15) is 9.59 Å². The maximum Gasteiger partial charge on any atom is 0.411 e. The van der Waals surface area contributed by atoms with Crippen molar-refractivity contribution in [3.63, 3.8) is 0 Å². The van der Waals surface area contributed by atoms with Crippen molar-refractivity contribution in [2.75, 3.05) is 11.9 Å². The Hall–Kier alpha value is -2.63. The van der Waals surface area contributed by atoms with Crippen molar-refractivity contribution in [1.29, 1.82) is 0 Å². The highest BCUT2D eigenvalue weighted by atomic mass is 16.5. The molecule has 0 fully saturated rings. The molecule has 0 aliphatic heterocycles. The lowest BCUT2D eigenvalue weighted by Gasteiger charge is -2.07. The summed E-state index contributed by atoms with van der Waals surface area (Å²) in [4.78, 5) is 22.6. The maximum atomic E-state index is 11.4. The van der Waals surface area contributed by atoms with E-state index in [1.54, 1.807) is 12.1 Å². The van der Waals surface area contributed by atoms with Gasteiger partial charge in [-0.15, -0.1) is 0 Å². The van der Waals surface area contributed by atoms with Crippen LogP contribution < -0.4 is 10.9 Å². The summed E-state index contributed by atoms with van der Waals surface area (Å²) >= 11 is 0. The van der Waals surface area contributed by atoms with Crippen LogP contribution in [0.1, 0.15) is 18.9 Å². The van der Waals surface area contributed by atoms with Crippen molar-refractivity contribution >= 4 is 11.8 Å². The lowest BCUT2D eigenvalue weighted by molar-refractivity contribution is 0.161. The lowest BCUT2D eigenvalue weighted by Crippen LogP contribution is -2.14. The van der Waals surface area contributed by atoms with E-state index >= 15 is 0 Å². The van der Waals surface area contributed by atoms with Crippen molar-refractivity contribution in [2.45, 2.75) is 20.3 Å². The van der Waals surface area contributed by atoms with Gasteiger partial charge in [0.25, 0.3) is 5.56 Å². The van der Waals surface area contributed by atoms with Crippen LogP contribution in [-0.4, -0.2) is 22.9 Å². The second kappa shape index (κ2) is 6.69. The summed E-state index contributed by atoms with van der Waals surface area (Å²) in [6.07, 6.45) is 0.312. The van der Waals surface area contributed by atoms with Gasteiger partial charge in [-0.05, 0) is 31.0 Å². The summed E-state index contributed by atoms with van der Waals surface area (Å²) in [5.74, 6) is 0. The Balaban J connectivity index is 2.11. The van der Waals surface area contributed by atoms with Crippen molar-refractivity contribution in [1.82, 2.24) is 10.2 Å². The fourth-order valence-electron chi connectivity index (χ4n) is 1.85. The highest BCUT2D eigenvalue weighted by Gasteiger charge is 2.06. The van der Waals surface area contributed by atoms with Gasteiger partial charge in [-0.25, -0.2) is 9.89 Å². The number of nitrogens with zero attached hydrogens (tertiary/aromatic N) is 1. The van der Waals surface area contributed by atoms with Crippen LogP contribution in [0.3, 0.4) is 0 Å². The number of hydrogen-bond acceptors (Lipinski definition) is 4. The van der Waals surface area contributed by atoms with Gasteiger partial charge in [0.15, 0.2) is 0 Å². The highest BCUT2D eigenvalue weighted by Crippen LogP contribution is 2.21. The fraction of sp³-hybridized carbons (Fsp3) is 0.267. The molecule has 0 aliphatic carbocycles. The Bertz CT molecular complexity index is 677. The molecular weight excluding hydrogens is 270 g/mol. The third-order valence-electron chi connectivity index (χ3n) is 2.84. The van der Waals surface area contributed by atoms with Crippen molar-refractivity contribution < 1.29 is 9.53 Å². The lowest BCUT2D eigenvalue weighted by atomic mass is 10.1. The van der Waals surface area contributed by atoms with Crippen LogP contribution in [0.25, 0.3) is 11.3 Å². The number of nitrogens with one attached hydrogen (secondary N) is 2. The van der Waals surface area contributed by atoms with E-state index in [2.05, 4.69) is 15.5 Å². The van der Waals surface area contributed by atoms with Crippen LogP contribution in [0.4, 0.5) is 10.5 Å². The molecule has 0 radical (unpaired) electrons. The van der Waals surface area contributed by atoms with E-state index in [1.807, 2.05) is 26.0 Å². The van der Waals surface area contributed by atoms with Gasteiger partial charge >= 0.3 is 6.09 Å². The fourth-order valence-corrected chi connectivity index (χ4v) is 1.85. The molecule has 0 unspecified atom stereocenters. The van der Waals surface area contributed by atoms with Crippen LogP contribution >= 0.6 is 0 Å². The number of hydrogen-bond donors (Lipinski definition) is 2. The Morgan fingerprint density at radius 2 is 2.05 bits per heavy atom. The number of H-pyrrole nitrogens is 1. The Kier molecular flexibility index (Phi) is 4.71. The van der Waals surface area contributed by atoms with Gasteiger partial charge in [0.05, 0.1) is 12.3 Å². The SMILES string of the molecule is CCCOC(=O)Nc1ccc(-c2n[nH]c(=O)cc2C)cc1. The molecular formula is C15H17N3O3. The number of rotatable bonds is 4. The van der Waals surface area contributed by atoms with Crippen molar-refractivity contribution in [2.24, 2.45) is 0 Å². The van der Waals surface area contributed by atoms with Gasteiger partial charge < -0.3 is 4.74 Å². The number of aryl methyl sites for hydroxylation is 1. The third kappa shape index (κ3) is 3.92. The van der Waals surface area contributed by atoms with E-state index in [0.717, 1.165) is 17.5 Å². The van der Waals surface area contributed by atoms with Gasteiger partial charge in [-0.1, -0.05) is 19.1 Å². The number of benzene rings is 1. The predicted octanol–water partition coefficient (Wildman–Crippen LogP) is 2.70. The third-order valence-corrected chi connectivity index (χ3v) is 2.84. The molecule has 1 heterocycles. The van der Waals surface area contributed by atoms with E-state index in [1.165, 1.54) is 6.07 Å². The van der Waals surface area contributed by atoms with E-state index in [4.69, 9.17) is 4.74 Å². The molecule has 1 aromatic heterocycles. The predicted molar refractivity (Wildman–Crippen MR) is 80.3 cm³/mol. The monoisotopic (exact) mass is 287 g/mol. The van der Waals surface area contributed by atoms with Gasteiger partial charge in [-0.2, -0.15) is 5.10 Å². The van der Waals surface area contributed by atoms with Gasteiger partial charge in [0.2, 0.25) is 0 Å². The molecule has 0 saturated heterocycles. The van der Waals surface area contributed by atoms with E-state index < -0.39 is 6.09 Å². The van der Waals surface area contributed by atoms with Crippen molar-refractivity contribution in [3.8, 4) is 11.3 Å². The zero-order valence-electron chi connectivity index (χ0n) is 12.0. The number of anilines is 1. The highest BCUT2D eigenvalue weighted by molar-refractivity contribution is 5.85. The number of amides is 1. The number of carbonyl (C=O) groups is 1. The van der Waals surface area contributed by atoms with E-state index in [0.29, 0.717) is 18.0 Å². The quantitative estimate of drug-likeness (QED) is 0.905. The number of aromatic nitrogens is 2. The van der Waals surface area contributed by atoms with Crippen LogP contribution in [0.5, 0.6) is 0 Å². The number of ether oxygens (including phenoxy) is 1. The first-order chi connectivity index (χ1) is 10.1. The summed E-state index contributed by atoms with van der Waals surface area (Å²) in [6.45, 7) is 4.15. The largest absolute Gasteiger partial charge is 0.449 e. The topological polar surface area (TPSA) is 84.1 Å². The molecule has 21 heavy (non-hydrogen) atoms. The molecule has 1 amide bonds. The molecule has 1 aromatic carbocycles. The van der Waals surface area contributed by atoms with Crippen LogP contribution in [0, 0.1) is 6.92 Å². The molecule has 0 bridgehead atoms. The summed E-state index contributed by atoms with van der Waals surface area (Å²) in [7, 11) is 0. The molecule has 6 nitrogen and oxygen atoms in total. The van der Waals surface area contributed by atoms with Crippen LogP contribution in [0.2, 0.25) is 0 Å². The molecule has 110 valence electrons. The molecule has 6 heteroatoms. The second-order valence-electron chi connectivity index (χ2n) is 4.60. The summed E-state index contributed by atoms with van der Waals surface area (Å²) in [5.41, 5.74) is 2.77. The molecule has 0 atom stereocenters.